The Morgan fingerprint density at radius 1 is 1.37 bits per heavy atom. The van der Waals surface area contributed by atoms with E-state index in [1.54, 1.807) is 11.9 Å². The van der Waals surface area contributed by atoms with Crippen molar-refractivity contribution in [3.8, 4) is 5.75 Å². The standard InChI is InChI=1S/C15H22N2O2/c1-3-16-9-5-4-6-12-7-8-14-13(10-12)17(2)15(18)11-19-14/h7-8,10,16H,3-6,9,11H2,1-2H3. The van der Waals surface area contributed by atoms with Crippen LogP contribution in [-0.4, -0.2) is 32.7 Å². The number of amides is 1. The van der Waals surface area contributed by atoms with Crippen molar-refractivity contribution in [2.75, 3.05) is 31.6 Å². The summed E-state index contributed by atoms with van der Waals surface area (Å²) in [4.78, 5) is 13.3. The van der Waals surface area contributed by atoms with E-state index in [0.717, 1.165) is 37.4 Å². The van der Waals surface area contributed by atoms with E-state index in [1.807, 2.05) is 6.07 Å². The minimum atomic E-state index is 0.0109. The molecule has 0 radical (unpaired) electrons. The zero-order chi connectivity index (χ0) is 13.7. The molecule has 1 aromatic rings. The van der Waals surface area contributed by atoms with Gasteiger partial charge in [-0.2, -0.15) is 0 Å². The van der Waals surface area contributed by atoms with Crippen molar-refractivity contribution in [2.24, 2.45) is 0 Å². The minimum absolute atomic E-state index is 0.0109. The van der Waals surface area contributed by atoms with Gasteiger partial charge in [-0.05, 0) is 50.0 Å². The lowest BCUT2D eigenvalue weighted by Crippen LogP contribution is -2.35. The highest BCUT2D eigenvalue weighted by Crippen LogP contribution is 2.32. The van der Waals surface area contributed by atoms with E-state index in [1.165, 1.54) is 12.0 Å². The van der Waals surface area contributed by atoms with E-state index in [0.29, 0.717) is 0 Å². The highest BCUT2D eigenvalue weighted by atomic mass is 16.5. The van der Waals surface area contributed by atoms with Crippen LogP contribution in [-0.2, 0) is 11.2 Å². The Morgan fingerprint density at radius 2 is 2.21 bits per heavy atom. The number of rotatable bonds is 6. The van der Waals surface area contributed by atoms with Crippen molar-refractivity contribution in [3.05, 3.63) is 23.8 Å². The predicted octanol–water partition coefficient (Wildman–Crippen LogP) is 1.97. The molecule has 1 aliphatic rings. The third kappa shape index (κ3) is 3.47. The normalized spacial score (nSPS) is 14.2. The molecule has 1 heterocycles. The summed E-state index contributed by atoms with van der Waals surface area (Å²) in [5.41, 5.74) is 2.15. The molecule has 0 fully saturated rings. The summed E-state index contributed by atoms with van der Waals surface area (Å²) in [6, 6.07) is 6.13. The van der Waals surface area contributed by atoms with Crippen LogP contribution < -0.4 is 15.0 Å². The van der Waals surface area contributed by atoms with Crippen molar-refractivity contribution in [1.29, 1.82) is 0 Å². The van der Waals surface area contributed by atoms with Crippen LogP contribution >= 0.6 is 0 Å². The van der Waals surface area contributed by atoms with Gasteiger partial charge in [0.25, 0.3) is 5.91 Å². The monoisotopic (exact) mass is 262 g/mol. The van der Waals surface area contributed by atoms with E-state index in [-0.39, 0.29) is 12.5 Å². The number of nitrogens with zero attached hydrogens (tertiary/aromatic N) is 1. The quantitative estimate of drug-likeness (QED) is 0.797. The maximum Gasteiger partial charge on any atom is 0.264 e. The zero-order valence-corrected chi connectivity index (χ0v) is 11.7. The number of carbonyl (C=O) groups is 1. The van der Waals surface area contributed by atoms with Gasteiger partial charge in [0.1, 0.15) is 5.75 Å². The maximum atomic E-state index is 11.6. The van der Waals surface area contributed by atoms with Crippen LogP contribution in [0.1, 0.15) is 25.3 Å². The SMILES string of the molecule is CCNCCCCc1ccc2c(c1)N(C)C(=O)CO2. The number of ether oxygens (including phenoxy) is 1. The second-order valence-corrected chi connectivity index (χ2v) is 4.85. The van der Waals surface area contributed by atoms with Crippen LogP contribution in [0.15, 0.2) is 18.2 Å². The maximum absolute atomic E-state index is 11.6. The molecule has 2 rings (SSSR count). The van der Waals surface area contributed by atoms with Gasteiger partial charge in [-0.15, -0.1) is 0 Å². The Morgan fingerprint density at radius 3 is 3.00 bits per heavy atom. The molecule has 4 heteroatoms. The molecule has 0 saturated heterocycles. The summed E-state index contributed by atoms with van der Waals surface area (Å²) in [6.45, 7) is 4.37. The summed E-state index contributed by atoms with van der Waals surface area (Å²) < 4.78 is 5.42. The molecule has 0 unspecified atom stereocenters. The number of nitrogens with one attached hydrogen (secondary N) is 1. The largest absolute Gasteiger partial charge is 0.482 e. The molecule has 1 N–H and O–H groups in total. The zero-order valence-electron chi connectivity index (χ0n) is 11.7. The number of likely N-dealkylation sites (N-methyl/N-ethyl adjacent to an activating group) is 1. The topological polar surface area (TPSA) is 41.6 Å². The van der Waals surface area contributed by atoms with Gasteiger partial charge >= 0.3 is 0 Å². The molecule has 104 valence electrons. The fourth-order valence-corrected chi connectivity index (χ4v) is 2.23. The lowest BCUT2D eigenvalue weighted by atomic mass is 10.1. The lowest BCUT2D eigenvalue weighted by molar-refractivity contribution is -0.120. The van der Waals surface area contributed by atoms with Crippen molar-refractivity contribution >= 4 is 11.6 Å². The molecule has 0 saturated carbocycles. The number of hydrogen-bond donors (Lipinski definition) is 1. The molecule has 0 atom stereocenters. The van der Waals surface area contributed by atoms with Crippen LogP contribution in [0.25, 0.3) is 0 Å². The number of hydrogen-bond acceptors (Lipinski definition) is 3. The van der Waals surface area contributed by atoms with Crippen molar-refractivity contribution in [1.82, 2.24) is 5.32 Å². The number of unbranched alkanes of at least 4 members (excludes halogenated alkanes) is 1. The first-order valence-electron chi connectivity index (χ1n) is 6.95. The molecule has 1 aromatic carbocycles. The Kier molecular flexibility index (Phi) is 4.80. The molecule has 1 amide bonds. The van der Waals surface area contributed by atoms with Crippen LogP contribution in [0.4, 0.5) is 5.69 Å². The number of fused-ring (bicyclic) bond motifs is 1. The van der Waals surface area contributed by atoms with E-state index in [9.17, 15) is 4.79 Å². The lowest BCUT2D eigenvalue weighted by Gasteiger charge is -2.26. The molecular formula is C15H22N2O2. The molecule has 0 bridgehead atoms. The first-order valence-corrected chi connectivity index (χ1v) is 6.95. The van der Waals surface area contributed by atoms with Gasteiger partial charge in [-0.3, -0.25) is 4.79 Å². The smallest absolute Gasteiger partial charge is 0.264 e. The average molecular weight is 262 g/mol. The van der Waals surface area contributed by atoms with Gasteiger partial charge < -0.3 is 15.0 Å². The van der Waals surface area contributed by atoms with E-state index in [2.05, 4.69) is 24.4 Å². The van der Waals surface area contributed by atoms with E-state index >= 15 is 0 Å². The van der Waals surface area contributed by atoms with E-state index < -0.39 is 0 Å². The van der Waals surface area contributed by atoms with Gasteiger partial charge in [0.05, 0.1) is 5.69 Å². The highest BCUT2D eigenvalue weighted by molar-refractivity contribution is 5.97. The Hall–Kier alpha value is -1.55. The Labute approximate surface area is 114 Å². The third-order valence-corrected chi connectivity index (χ3v) is 3.43. The van der Waals surface area contributed by atoms with E-state index in [4.69, 9.17) is 4.74 Å². The summed E-state index contributed by atoms with van der Waals surface area (Å²) in [7, 11) is 1.80. The minimum Gasteiger partial charge on any atom is -0.482 e. The molecule has 19 heavy (non-hydrogen) atoms. The molecule has 0 spiro atoms. The van der Waals surface area contributed by atoms with Gasteiger partial charge in [0, 0.05) is 7.05 Å². The molecule has 0 aromatic heterocycles. The fourth-order valence-electron chi connectivity index (χ4n) is 2.23. The third-order valence-electron chi connectivity index (χ3n) is 3.43. The highest BCUT2D eigenvalue weighted by Gasteiger charge is 2.21. The van der Waals surface area contributed by atoms with Crippen molar-refractivity contribution < 1.29 is 9.53 Å². The Balaban J connectivity index is 1.94. The fraction of sp³-hybridized carbons (Fsp3) is 0.533. The van der Waals surface area contributed by atoms with Crippen molar-refractivity contribution in [3.63, 3.8) is 0 Å². The summed E-state index contributed by atoms with van der Waals surface area (Å²) in [5.74, 6) is 0.815. The average Bonchev–Trinajstić information content (AvgIpc) is 2.43. The molecular weight excluding hydrogens is 240 g/mol. The van der Waals surface area contributed by atoms with Gasteiger partial charge in [0.15, 0.2) is 6.61 Å². The number of aryl methyl sites for hydroxylation is 1. The van der Waals surface area contributed by atoms with Crippen LogP contribution in [0.3, 0.4) is 0 Å². The van der Waals surface area contributed by atoms with Crippen LogP contribution in [0.2, 0.25) is 0 Å². The second kappa shape index (κ2) is 6.57. The molecule has 0 aliphatic carbocycles. The number of anilines is 1. The number of carbonyl (C=O) groups excluding carboxylic acids is 1. The second-order valence-electron chi connectivity index (χ2n) is 4.85. The Bertz CT molecular complexity index is 446. The number of benzene rings is 1. The summed E-state index contributed by atoms with van der Waals surface area (Å²) >= 11 is 0. The van der Waals surface area contributed by atoms with Gasteiger partial charge in [0.2, 0.25) is 0 Å². The molecule has 4 nitrogen and oxygen atoms in total. The van der Waals surface area contributed by atoms with Crippen LogP contribution in [0.5, 0.6) is 5.75 Å². The van der Waals surface area contributed by atoms with Gasteiger partial charge in [-0.25, -0.2) is 0 Å². The first-order chi connectivity index (χ1) is 9.22. The first kappa shape index (κ1) is 13.9. The van der Waals surface area contributed by atoms with Crippen LogP contribution in [0, 0.1) is 0 Å². The summed E-state index contributed by atoms with van der Waals surface area (Å²) in [6.07, 6.45) is 3.38. The molecule has 1 aliphatic heterocycles. The van der Waals surface area contributed by atoms with Crippen molar-refractivity contribution in [2.45, 2.75) is 26.2 Å². The van der Waals surface area contributed by atoms with Gasteiger partial charge in [-0.1, -0.05) is 13.0 Å². The predicted molar refractivity (Wildman–Crippen MR) is 76.8 cm³/mol. The summed E-state index contributed by atoms with van der Waals surface area (Å²) in [5, 5.41) is 3.32.